The summed E-state index contributed by atoms with van der Waals surface area (Å²) >= 11 is 3.13. The number of hydrogen-bond acceptors (Lipinski definition) is 6. The molecule has 0 fully saturated rings. The molecule has 2 aromatic rings. The van der Waals surface area contributed by atoms with Crippen LogP contribution in [0.1, 0.15) is 5.76 Å². The summed E-state index contributed by atoms with van der Waals surface area (Å²) in [5.74, 6) is -0.433. The number of amides is 1. The molecule has 0 unspecified atom stereocenters. The van der Waals surface area contributed by atoms with Gasteiger partial charge in [0.1, 0.15) is 12.0 Å². The number of nitrogens with one attached hydrogen (secondary N) is 1. The van der Waals surface area contributed by atoms with Crippen molar-refractivity contribution in [1.82, 2.24) is 5.16 Å². The maximum atomic E-state index is 11.4. The van der Waals surface area contributed by atoms with Crippen molar-refractivity contribution in [2.24, 2.45) is 0 Å². The van der Waals surface area contributed by atoms with E-state index in [0.29, 0.717) is 10.4 Å². The molecule has 1 N–H and O–H groups in total. The highest BCUT2D eigenvalue weighted by Gasteiger charge is 2.07. The van der Waals surface area contributed by atoms with Gasteiger partial charge in [-0.05, 0) is 34.1 Å². The van der Waals surface area contributed by atoms with Gasteiger partial charge in [-0.15, -0.1) is 0 Å². The smallest absolute Gasteiger partial charge is 0.331 e. The topological polar surface area (TPSA) is 94.6 Å². The van der Waals surface area contributed by atoms with Crippen LogP contribution in [0.4, 0.5) is 5.82 Å². The van der Waals surface area contributed by atoms with Gasteiger partial charge in [0.2, 0.25) is 0 Å². The van der Waals surface area contributed by atoms with Crippen molar-refractivity contribution in [1.29, 1.82) is 0 Å². The minimum absolute atomic E-state index is 0.252. The number of nitrogens with zero attached hydrogens (tertiary/aromatic N) is 1. The Morgan fingerprint density at radius 2 is 2.25 bits per heavy atom. The van der Waals surface area contributed by atoms with E-state index in [4.69, 9.17) is 9.15 Å². The monoisotopic (exact) mass is 340 g/mol. The standard InChI is InChI=1S/C12H9BrN2O5/c13-9-3-1-8(20-9)2-4-12(17)18-7-11(16)14-10-5-6-19-15-10/h1-6H,7H2,(H,14,15,16)/b4-2+. The molecule has 0 aromatic carbocycles. The summed E-state index contributed by atoms with van der Waals surface area (Å²) in [7, 11) is 0. The Bertz CT molecular complexity index is 618. The highest BCUT2D eigenvalue weighted by Crippen LogP contribution is 2.14. The van der Waals surface area contributed by atoms with E-state index >= 15 is 0 Å². The lowest BCUT2D eigenvalue weighted by Crippen LogP contribution is -2.20. The molecule has 0 bridgehead atoms. The molecular formula is C12H9BrN2O5. The first kappa shape index (κ1) is 14.1. The lowest BCUT2D eigenvalue weighted by molar-refractivity contribution is -0.142. The second-order valence-corrected chi connectivity index (χ2v) is 4.30. The van der Waals surface area contributed by atoms with Gasteiger partial charge < -0.3 is 19.0 Å². The van der Waals surface area contributed by atoms with Crippen LogP contribution in [0.2, 0.25) is 0 Å². The average molecular weight is 341 g/mol. The Balaban J connectivity index is 1.74. The van der Waals surface area contributed by atoms with E-state index in [1.807, 2.05) is 0 Å². The summed E-state index contributed by atoms with van der Waals surface area (Å²) < 4.78 is 15.0. The zero-order chi connectivity index (χ0) is 14.4. The Morgan fingerprint density at radius 3 is 2.90 bits per heavy atom. The van der Waals surface area contributed by atoms with E-state index in [2.05, 4.69) is 30.9 Å². The molecule has 0 aliphatic carbocycles. The fraction of sp³-hybridized carbons (Fsp3) is 0.0833. The summed E-state index contributed by atoms with van der Waals surface area (Å²) in [6, 6.07) is 4.83. The predicted molar refractivity (Wildman–Crippen MR) is 71.5 cm³/mol. The molecule has 0 atom stereocenters. The van der Waals surface area contributed by atoms with Crippen molar-refractivity contribution in [3.63, 3.8) is 0 Å². The summed E-state index contributed by atoms with van der Waals surface area (Å²) in [5.41, 5.74) is 0. The maximum Gasteiger partial charge on any atom is 0.331 e. The van der Waals surface area contributed by atoms with Crippen LogP contribution < -0.4 is 5.32 Å². The zero-order valence-electron chi connectivity index (χ0n) is 10.0. The number of esters is 1. The largest absolute Gasteiger partial charge is 0.452 e. The van der Waals surface area contributed by atoms with Gasteiger partial charge in [-0.25, -0.2) is 4.79 Å². The maximum absolute atomic E-state index is 11.4. The molecule has 0 aliphatic rings. The molecule has 0 spiro atoms. The van der Waals surface area contributed by atoms with E-state index in [0.717, 1.165) is 6.08 Å². The number of furan rings is 1. The second kappa shape index (κ2) is 6.71. The molecule has 8 heteroatoms. The first-order chi connectivity index (χ1) is 9.63. The fourth-order valence-electron chi connectivity index (χ4n) is 1.21. The van der Waals surface area contributed by atoms with Crippen LogP contribution in [-0.4, -0.2) is 23.6 Å². The third-order valence-electron chi connectivity index (χ3n) is 2.03. The molecule has 2 aromatic heterocycles. The summed E-state index contributed by atoms with van der Waals surface area (Å²) in [5, 5.41) is 5.87. The number of carbonyl (C=O) groups is 2. The highest BCUT2D eigenvalue weighted by atomic mass is 79.9. The molecule has 20 heavy (non-hydrogen) atoms. The number of ether oxygens (including phenoxy) is 1. The molecule has 1 amide bonds. The zero-order valence-corrected chi connectivity index (χ0v) is 11.6. The third-order valence-corrected chi connectivity index (χ3v) is 2.45. The lowest BCUT2D eigenvalue weighted by atomic mass is 10.4. The number of anilines is 1. The van der Waals surface area contributed by atoms with Crippen molar-refractivity contribution in [2.45, 2.75) is 0 Å². The molecule has 0 aliphatic heterocycles. The molecule has 2 heterocycles. The molecule has 2 rings (SSSR count). The number of rotatable bonds is 5. The van der Waals surface area contributed by atoms with Crippen molar-refractivity contribution < 1.29 is 23.3 Å². The number of halogens is 1. The Hall–Kier alpha value is -2.35. The first-order valence-electron chi connectivity index (χ1n) is 5.44. The van der Waals surface area contributed by atoms with Crippen LogP contribution in [0.3, 0.4) is 0 Å². The van der Waals surface area contributed by atoms with Gasteiger partial charge in [-0.3, -0.25) is 4.79 Å². The summed E-state index contributed by atoms with van der Waals surface area (Å²) in [6.07, 6.45) is 3.91. The summed E-state index contributed by atoms with van der Waals surface area (Å²) in [4.78, 5) is 22.7. The van der Waals surface area contributed by atoms with Crippen molar-refractivity contribution >= 4 is 39.7 Å². The van der Waals surface area contributed by atoms with Crippen LogP contribution in [0, 0.1) is 0 Å². The highest BCUT2D eigenvalue weighted by molar-refractivity contribution is 9.10. The van der Waals surface area contributed by atoms with Crippen LogP contribution in [0.25, 0.3) is 6.08 Å². The summed E-state index contributed by atoms with van der Waals surface area (Å²) in [6.45, 7) is -0.419. The quantitative estimate of drug-likeness (QED) is 0.662. The molecule has 0 saturated carbocycles. The van der Waals surface area contributed by atoms with Crippen LogP contribution in [0.15, 0.2) is 44.1 Å². The van der Waals surface area contributed by atoms with Gasteiger partial charge in [0.05, 0.1) is 0 Å². The number of carbonyl (C=O) groups excluding carboxylic acids is 2. The first-order valence-corrected chi connectivity index (χ1v) is 6.23. The molecule has 104 valence electrons. The molecule has 0 saturated heterocycles. The third kappa shape index (κ3) is 4.39. The van der Waals surface area contributed by atoms with E-state index < -0.39 is 18.5 Å². The average Bonchev–Trinajstić information content (AvgIpc) is 3.05. The van der Waals surface area contributed by atoms with Crippen LogP contribution >= 0.6 is 15.9 Å². The van der Waals surface area contributed by atoms with E-state index in [-0.39, 0.29) is 5.82 Å². The van der Waals surface area contributed by atoms with Gasteiger partial charge in [0.15, 0.2) is 17.1 Å². The van der Waals surface area contributed by atoms with Crippen molar-refractivity contribution in [2.75, 3.05) is 11.9 Å². The van der Waals surface area contributed by atoms with E-state index in [1.165, 1.54) is 18.4 Å². The lowest BCUT2D eigenvalue weighted by Gasteiger charge is -2.01. The predicted octanol–water partition coefficient (Wildman–Crippen LogP) is 2.23. The molecule has 7 nitrogen and oxygen atoms in total. The number of aromatic nitrogens is 1. The Kier molecular flexibility index (Phi) is 4.72. The SMILES string of the molecule is O=C(COC(=O)/C=C/c1ccc(Br)o1)Nc1ccon1. The van der Waals surface area contributed by atoms with Gasteiger partial charge in [0, 0.05) is 12.1 Å². The van der Waals surface area contributed by atoms with Gasteiger partial charge in [0.25, 0.3) is 5.91 Å². The molecular weight excluding hydrogens is 332 g/mol. The minimum atomic E-state index is -0.659. The van der Waals surface area contributed by atoms with Gasteiger partial charge >= 0.3 is 5.97 Å². The normalized spacial score (nSPS) is 10.7. The number of hydrogen-bond donors (Lipinski definition) is 1. The van der Waals surface area contributed by atoms with E-state index in [9.17, 15) is 9.59 Å². The fourth-order valence-corrected chi connectivity index (χ4v) is 1.53. The van der Waals surface area contributed by atoms with Gasteiger partial charge in [-0.2, -0.15) is 0 Å². The Labute approximate surface area is 121 Å². The minimum Gasteiger partial charge on any atom is -0.452 e. The van der Waals surface area contributed by atoms with Crippen LogP contribution in [-0.2, 0) is 14.3 Å². The molecule has 0 radical (unpaired) electrons. The Morgan fingerprint density at radius 1 is 1.40 bits per heavy atom. The van der Waals surface area contributed by atoms with Crippen LogP contribution in [0.5, 0.6) is 0 Å². The van der Waals surface area contributed by atoms with Crippen molar-refractivity contribution in [3.8, 4) is 0 Å². The second-order valence-electron chi connectivity index (χ2n) is 3.52. The van der Waals surface area contributed by atoms with Gasteiger partial charge in [-0.1, -0.05) is 5.16 Å². The van der Waals surface area contributed by atoms with E-state index in [1.54, 1.807) is 12.1 Å². The van der Waals surface area contributed by atoms with Crippen molar-refractivity contribution in [3.05, 3.63) is 41.0 Å².